The number of aliphatic hydroxyl groups excluding tert-OH is 1. The fourth-order valence-electron chi connectivity index (χ4n) is 1.42. The maximum absolute atomic E-state index is 9.93. The van der Waals surface area contributed by atoms with E-state index in [1.54, 1.807) is 0 Å². The third-order valence-electron chi connectivity index (χ3n) is 2.42. The Morgan fingerprint density at radius 1 is 1.20 bits per heavy atom. The lowest BCUT2D eigenvalue weighted by molar-refractivity contribution is 0.147. The van der Waals surface area contributed by atoms with Crippen LogP contribution in [0.1, 0.15) is 45.3 Å². The lowest BCUT2D eigenvalue weighted by Gasteiger charge is -2.20. The van der Waals surface area contributed by atoms with E-state index in [2.05, 4.69) is 20.8 Å². The summed E-state index contributed by atoms with van der Waals surface area (Å²) in [6.07, 6.45) is 1.43. The van der Waals surface area contributed by atoms with E-state index in [1.807, 2.05) is 24.3 Å². The van der Waals surface area contributed by atoms with E-state index in [0.29, 0.717) is 5.02 Å². The fraction of sp³-hybridized carbons (Fsp3) is 0.538. The molecule has 1 unspecified atom stereocenters. The van der Waals surface area contributed by atoms with Crippen molar-refractivity contribution in [3.05, 3.63) is 34.9 Å². The Balaban J connectivity index is 2.54. The van der Waals surface area contributed by atoms with Gasteiger partial charge in [0.1, 0.15) is 0 Å². The van der Waals surface area contributed by atoms with Gasteiger partial charge in [-0.1, -0.05) is 44.5 Å². The van der Waals surface area contributed by atoms with Gasteiger partial charge in [-0.05, 0) is 36.0 Å². The van der Waals surface area contributed by atoms with Gasteiger partial charge in [-0.25, -0.2) is 0 Å². The molecule has 0 saturated heterocycles. The second kappa shape index (κ2) is 5.00. The average Bonchev–Trinajstić information content (AvgIpc) is 2.14. The molecule has 15 heavy (non-hydrogen) atoms. The van der Waals surface area contributed by atoms with Crippen LogP contribution in [0.4, 0.5) is 0 Å². The summed E-state index contributed by atoms with van der Waals surface area (Å²) in [6, 6.07) is 7.40. The minimum atomic E-state index is -0.374. The highest BCUT2D eigenvalue weighted by Crippen LogP contribution is 2.27. The van der Waals surface area contributed by atoms with Crippen LogP contribution in [0.5, 0.6) is 0 Å². The van der Waals surface area contributed by atoms with Crippen molar-refractivity contribution in [3.63, 3.8) is 0 Å². The van der Waals surface area contributed by atoms with Gasteiger partial charge in [-0.3, -0.25) is 0 Å². The summed E-state index contributed by atoms with van der Waals surface area (Å²) < 4.78 is 0. The second-order valence-electron chi connectivity index (χ2n) is 5.17. The number of rotatable bonds is 3. The van der Waals surface area contributed by atoms with E-state index >= 15 is 0 Å². The summed E-state index contributed by atoms with van der Waals surface area (Å²) in [6.45, 7) is 6.55. The molecule has 0 saturated carbocycles. The lowest BCUT2D eigenvalue weighted by Crippen LogP contribution is -2.08. The molecule has 84 valence electrons. The van der Waals surface area contributed by atoms with Crippen molar-refractivity contribution in [2.24, 2.45) is 5.41 Å². The van der Waals surface area contributed by atoms with E-state index in [0.717, 1.165) is 18.4 Å². The highest BCUT2D eigenvalue weighted by Gasteiger charge is 2.14. The molecule has 0 aliphatic carbocycles. The topological polar surface area (TPSA) is 20.2 Å². The van der Waals surface area contributed by atoms with Crippen LogP contribution in [0.15, 0.2) is 24.3 Å². The third kappa shape index (κ3) is 4.67. The van der Waals surface area contributed by atoms with Crippen molar-refractivity contribution in [1.29, 1.82) is 0 Å². The molecular weight excluding hydrogens is 208 g/mol. The Bertz CT molecular complexity index is 297. The van der Waals surface area contributed by atoms with Crippen LogP contribution in [0, 0.1) is 5.41 Å². The number of benzene rings is 1. The zero-order valence-corrected chi connectivity index (χ0v) is 10.4. The SMILES string of the molecule is CC(C)(C)CCC(O)c1ccc(Cl)cc1. The van der Waals surface area contributed by atoms with E-state index < -0.39 is 0 Å². The zero-order valence-electron chi connectivity index (χ0n) is 9.63. The average molecular weight is 227 g/mol. The van der Waals surface area contributed by atoms with Crippen LogP contribution in [-0.4, -0.2) is 5.11 Å². The summed E-state index contributed by atoms with van der Waals surface area (Å²) in [5.41, 5.74) is 1.22. The van der Waals surface area contributed by atoms with Crippen molar-refractivity contribution in [2.45, 2.75) is 39.7 Å². The molecule has 0 fully saturated rings. The first-order chi connectivity index (χ1) is 6.88. The predicted molar refractivity (Wildman–Crippen MR) is 65.1 cm³/mol. The van der Waals surface area contributed by atoms with E-state index in [-0.39, 0.29) is 11.5 Å². The summed E-state index contributed by atoms with van der Waals surface area (Å²) in [7, 11) is 0. The van der Waals surface area contributed by atoms with Crippen LogP contribution in [0.2, 0.25) is 5.02 Å². The Morgan fingerprint density at radius 3 is 2.20 bits per heavy atom. The monoisotopic (exact) mass is 226 g/mol. The molecule has 1 rings (SSSR count). The van der Waals surface area contributed by atoms with Crippen molar-refractivity contribution in [3.8, 4) is 0 Å². The molecule has 0 radical (unpaired) electrons. The van der Waals surface area contributed by atoms with Gasteiger partial charge in [0.25, 0.3) is 0 Å². The molecule has 0 aromatic heterocycles. The lowest BCUT2D eigenvalue weighted by atomic mass is 9.88. The summed E-state index contributed by atoms with van der Waals surface area (Å²) in [5.74, 6) is 0. The van der Waals surface area contributed by atoms with Gasteiger partial charge in [-0.2, -0.15) is 0 Å². The molecule has 0 spiro atoms. The first-order valence-corrected chi connectivity index (χ1v) is 5.70. The highest BCUT2D eigenvalue weighted by atomic mass is 35.5. The van der Waals surface area contributed by atoms with E-state index in [1.165, 1.54) is 0 Å². The predicted octanol–water partition coefficient (Wildman–Crippen LogP) is 4.20. The van der Waals surface area contributed by atoms with Gasteiger partial charge in [-0.15, -0.1) is 0 Å². The number of halogens is 1. The molecule has 0 aliphatic heterocycles. The Kier molecular flexibility index (Phi) is 4.18. The molecule has 2 heteroatoms. The third-order valence-corrected chi connectivity index (χ3v) is 2.67. The van der Waals surface area contributed by atoms with Crippen molar-refractivity contribution < 1.29 is 5.11 Å². The van der Waals surface area contributed by atoms with Gasteiger partial charge < -0.3 is 5.11 Å². The van der Waals surface area contributed by atoms with Crippen LogP contribution in [-0.2, 0) is 0 Å². The second-order valence-corrected chi connectivity index (χ2v) is 5.60. The molecule has 1 aromatic rings. The van der Waals surface area contributed by atoms with Crippen LogP contribution in [0.3, 0.4) is 0 Å². The van der Waals surface area contributed by atoms with Gasteiger partial charge in [0.2, 0.25) is 0 Å². The summed E-state index contributed by atoms with van der Waals surface area (Å²) in [5, 5.41) is 10.6. The quantitative estimate of drug-likeness (QED) is 0.819. The Morgan fingerprint density at radius 2 is 1.73 bits per heavy atom. The summed E-state index contributed by atoms with van der Waals surface area (Å²) in [4.78, 5) is 0. The molecule has 0 bridgehead atoms. The molecule has 1 nitrogen and oxygen atoms in total. The zero-order chi connectivity index (χ0) is 11.5. The smallest absolute Gasteiger partial charge is 0.0790 e. The molecule has 0 amide bonds. The Labute approximate surface area is 97.1 Å². The fourth-order valence-corrected chi connectivity index (χ4v) is 1.55. The first kappa shape index (κ1) is 12.5. The van der Waals surface area contributed by atoms with Gasteiger partial charge in [0, 0.05) is 5.02 Å². The number of aliphatic hydroxyl groups is 1. The Hall–Kier alpha value is -0.530. The van der Waals surface area contributed by atoms with Crippen LogP contribution < -0.4 is 0 Å². The van der Waals surface area contributed by atoms with Crippen LogP contribution in [0.25, 0.3) is 0 Å². The van der Waals surface area contributed by atoms with Crippen molar-refractivity contribution in [1.82, 2.24) is 0 Å². The largest absolute Gasteiger partial charge is 0.388 e. The summed E-state index contributed by atoms with van der Waals surface area (Å²) >= 11 is 5.78. The minimum absolute atomic E-state index is 0.271. The van der Waals surface area contributed by atoms with Crippen molar-refractivity contribution >= 4 is 11.6 Å². The molecular formula is C13H19ClO. The molecule has 1 aromatic carbocycles. The standard InChI is InChI=1S/C13H19ClO/c1-13(2,3)9-8-12(15)10-4-6-11(14)7-5-10/h4-7,12,15H,8-9H2,1-3H3. The van der Waals surface area contributed by atoms with Crippen LogP contribution >= 0.6 is 11.6 Å². The minimum Gasteiger partial charge on any atom is -0.388 e. The van der Waals surface area contributed by atoms with Gasteiger partial charge in [0.15, 0.2) is 0 Å². The van der Waals surface area contributed by atoms with E-state index in [9.17, 15) is 5.11 Å². The van der Waals surface area contributed by atoms with E-state index in [4.69, 9.17) is 11.6 Å². The highest BCUT2D eigenvalue weighted by molar-refractivity contribution is 6.30. The maximum Gasteiger partial charge on any atom is 0.0790 e. The van der Waals surface area contributed by atoms with Gasteiger partial charge in [0.05, 0.1) is 6.10 Å². The number of hydrogen-bond acceptors (Lipinski definition) is 1. The molecule has 0 aliphatic rings. The van der Waals surface area contributed by atoms with Gasteiger partial charge >= 0.3 is 0 Å². The normalized spacial score (nSPS) is 13.9. The number of hydrogen-bond donors (Lipinski definition) is 1. The molecule has 1 N–H and O–H groups in total. The first-order valence-electron chi connectivity index (χ1n) is 5.32. The van der Waals surface area contributed by atoms with Crippen molar-refractivity contribution in [2.75, 3.05) is 0 Å². The molecule has 1 atom stereocenters. The maximum atomic E-state index is 9.93. The molecule has 0 heterocycles.